The molecule has 0 bridgehead atoms. The molecule has 0 aliphatic carbocycles. The smallest absolute Gasteiger partial charge is 0.268 e. The van der Waals surface area contributed by atoms with Crippen LogP contribution < -0.4 is 9.80 Å². The molecule has 1 aliphatic heterocycles. The minimum absolute atomic E-state index is 0.00151. The Bertz CT molecular complexity index is 1080. The van der Waals surface area contributed by atoms with E-state index in [-0.39, 0.29) is 29.8 Å². The Morgan fingerprint density at radius 2 is 1.77 bits per heavy atom. The van der Waals surface area contributed by atoms with Crippen LogP contribution in [0, 0.1) is 5.92 Å². The maximum Gasteiger partial charge on any atom is 0.268 e. The largest absolute Gasteiger partial charge is 0.305 e. The van der Waals surface area contributed by atoms with Crippen LogP contribution in [0.3, 0.4) is 0 Å². The Hall–Kier alpha value is -2.63. The van der Waals surface area contributed by atoms with E-state index in [1.165, 1.54) is 11.3 Å². The Balaban J connectivity index is 1.81. The van der Waals surface area contributed by atoms with Crippen LogP contribution in [-0.2, 0) is 4.79 Å². The number of benzene rings is 2. The van der Waals surface area contributed by atoms with E-state index in [0.717, 1.165) is 16.9 Å². The number of anilines is 2. The van der Waals surface area contributed by atoms with Gasteiger partial charge >= 0.3 is 0 Å². The second-order valence-corrected chi connectivity index (χ2v) is 9.54. The quantitative estimate of drug-likeness (QED) is 0.449. The molecule has 0 unspecified atom stereocenters. The van der Waals surface area contributed by atoms with Crippen molar-refractivity contribution in [2.24, 2.45) is 5.92 Å². The van der Waals surface area contributed by atoms with E-state index in [2.05, 4.69) is 0 Å². The fourth-order valence-corrected chi connectivity index (χ4v) is 4.98. The van der Waals surface area contributed by atoms with Gasteiger partial charge in [-0.15, -0.1) is 11.3 Å². The van der Waals surface area contributed by atoms with Crippen LogP contribution in [0.5, 0.6) is 0 Å². The van der Waals surface area contributed by atoms with Crippen molar-refractivity contribution in [2.45, 2.75) is 39.3 Å². The minimum atomic E-state index is -0.172. The van der Waals surface area contributed by atoms with Crippen LogP contribution in [-0.4, -0.2) is 17.9 Å². The second-order valence-electron chi connectivity index (χ2n) is 8.15. The fourth-order valence-electron chi connectivity index (χ4n) is 4.20. The summed E-state index contributed by atoms with van der Waals surface area (Å²) in [7, 11) is 0. The SMILES string of the molecule is CC(C)C(=O)N(c1ccc(Cl)cc1)[C@@H]1C[C@H](C)N(C(=O)c2cccs2)c2ccccc21. The predicted octanol–water partition coefficient (Wildman–Crippen LogP) is 6.57. The summed E-state index contributed by atoms with van der Waals surface area (Å²) in [6, 6.07) is 18.8. The highest BCUT2D eigenvalue weighted by Gasteiger charge is 2.39. The zero-order valence-corrected chi connectivity index (χ0v) is 19.4. The number of amides is 2. The molecule has 0 saturated heterocycles. The van der Waals surface area contributed by atoms with Crippen molar-refractivity contribution in [1.82, 2.24) is 0 Å². The monoisotopic (exact) mass is 452 g/mol. The molecule has 160 valence electrons. The van der Waals surface area contributed by atoms with Crippen molar-refractivity contribution in [2.75, 3.05) is 9.80 Å². The van der Waals surface area contributed by atoms with E-state index in [0.29, 0.717) is 16.3 Å². The third-order valence-corrected chi connectivity index (χ3v) is 6.77. The molecule has 6 heteroatoms. The van der Waals surface area contributed by atoms with Crippen LogP contribution in [0.1, 0.15) is 48.5 Å². The van der Waals surface area contributed by atoms with Crippen molar-refractivity contribution >= 4 is 46.1 Å². The van der Waals surface area contributed by atoms with Crippen molar-refractivity contribution in [3.05, 3.63) is 81.5 Å². The van der Waals surface area contributed by atoms with E-state index >= 15 is 0 Å². The van der Waals surface area contributed by atoms with Crippen molar-refractivity contribution in [3.8, 4) is 0 Å². The third kappa shape index (κ3) is 4.12. The van der Waals surface area contributed by atoms with Gasteiger partial charge in [-0.3, -0.25) is 9.59 Å². The fraction of sp³-hybridized carbons (Fsp3) is 0.280. The van der Waals surface area contributed by atoms with Crippen LogP contribution in [0.25, 0.3) is 0 Å². The molecule has 0 spiro atoms. The molecule has 0 radical (unpaired) electrons. The predicted molar refractivity (Wildman–Crippen MR) is 128 cm³/mol. The van der Waals surface area contributed by atoms with Crippen molar-refractivity contribution in [1.29, 1.82) is 0 Å². The van der Waals surface area contributed by atoms with E-state index < -0.39 is 0 Å². The molecular formula is C25H25ClN2O2S. The third-order valence-electron chi connectivity index (χ3n) is 5.66. The number of halogens is 1. The molecular weight excluding hydrogens is 428 g/mol. The zero-order valence-electron chi connectivity index (χ0n) is 17.8. The Morgan fingerprint density at radius 3 is 2.42 bits per heavy atom. The Labute approximate surface area is 192 Å². The molecule has 2 aromatic carbocycles. The van der Waals surface area contributed by atoms with E-state index in [1.54, 1.807) is 0 Å². The topological polar surface area (TPSA) is 40.6 Å². The van der Waals surface area contributed by atoms with Gasteiger partial charge in [0.15, 0.2) is 0 Å². The maximum atomic E-state index is 13.4. The first-order valence-electron chi connectivity index (χ1n) is 10.4. The summed E-state index contributed by atoms with van der Waals surface area (Å²) in [4.78, 5) is 31.1. The first-order valence-corrected chi connectivity index (χ1v) is 11.7. The van der Waals surface area contributed by atoms with E-state index in [1.807, 2.05) is 96.6 Å². The normalized spacial score (nSPS) is 18.0. The van der Waals surface area contributed by atoms with Crippen molar-refractivity contribution < 1.29 is 9.59 Å². The first kappa shape index (κ1) is 21.6. The molecule has 0 fully saturated rings. The lowest BCUT2D eigenvalue weighted by Crippen LogP contribution is -2.48. The summed E-state index contributed by atoms with van der Waals surface area (Å²) in [5, 5.41) is 2.55. The van der Waals surface area contributed by atoms with Crippen LogP contribution in [0.15, 0.2) is 66.0 Å². The Morgan fingerprint density at radius 1 is 1.06 bits per heavy atom. The highest BCUT2D eigenvalue weighted by atomic mass is 35.5. The summed E-state index contributed by atoms with van der Waals surface area (Å²) in [6.07, 6.45) is 0.648. The number of fused-ring (bicyclic) bond motifs is 1. The van der Waals surface area contributed by atoms with Gasteiger partial charge in [0.25, 0.3) is 5.91 Å². The van der Waals surface area contributed by atoms with Crippen LogP contribution >= 0.6 is 22.9 Å². The highest BCUT2D eigenvalue weighted by molar-refractivity contribution is 7.12. The van der Waals surface area contributed by atoms with Gasteiger partial charge in [-0.05, 0) is 60.7 Å². The number of hydrogen-bond acceptors (Lipinski definition) is 3. The number of thiophene rings is 1. The number of nitrogens with zero attached hydrogens (tertiary/aromatic N) is 2. The lowest BCUT2D eigenvalue weighted by Gasteiger charge is -2.44. The molecule has 1 aromatic heterocycles. The maximum absolute atomic E-state index is 13.4. The van der Waals surface area contributed by atoms with Gasteiger partial charge in [0.05, 0.1) is 10.9 Å². The Kier molecular flexibility index (Phi) is 6.17. The molecule has 2 amide bonds. The molecule has 0 N–H and O–H groups in total. The van der Waals surface area contributed by atoms with Gasteiger partial charge in [-0.25, -0.2) is 0 Å². The van der Waals surface area contributed by atoms with E-state index in [9.17, 15) is 9.59 Å². The molecule has 4 rings (SSSR count). The number of carbonyl (C=O) groups is 2. The number of carbonyl (C=O) groups excluding carboxylic acids is 2. The average molecular weight is 453 g/mol. The molecule has 3 aromatic rings. The first-order chi connectivity index (χ1) is 14.9. The molecule has 1 aliphatic rings. The van der Waals surface area contributed by atoms with Crippen LogP contribution in [0.4, 0.5) is 11.4 Å². The molecule has 31 heavy (non-hydrogen) atoms. The average Bonchev–Trinajstić information content (AvgIpc) is 3.30. The van der Waals surface area contributed by atoms with Gasteiger partial charge < -0.3 is 9.80 Å². The van der Waals surface area contributed by atoms with Gasteiger partial charge in [0.2, 0.25) is 5.91 Å². The lowest BCUT2D eigenvalue weighted by molar-refractivity contribution is -0.122. The van der Waals surface area contributed by atoms with Crippen molar-refractivity contribution in [3.63, 3.8) is 0 Å². The van der Waals surface area contributed by atoms with Gasteiger partial charge in [-0.2, -0.15) is 0 Å². The summed E-state index contributed by atoms with van der Waals surface area (Å²) < 4.78 is 0. The summed E-state index contributed by atoms with van der Waals surface area (Å²) in [5.74, 6) is -0.113. The molecule has 4 nitrogen and oxygen atoms in total. The van der Waals surface area contributed by atoms with Gasteiger partial charge in [0, 0.05) is 28.4 Å². The summed E-state index contributed by atoms with van der Waals surface area (Å²) in [6.45, 7) is 5.88. The number of para-hydroxylation sites is 1. The van der Waals surface area contributed by atoms with E-state index in [4.69, 9.17) is 11.6 Å². The van der Waals surface area contributed by atoms with Gasteiger partial charge in [0.1, 0.15) is 0 Å². The molecule has 2 atom stereocenters. The zero-order chi connectivity index (χ0) is 22.1. The number of rotatable bonds is 4. The molecule has 2 heterocycles. The van der Waals surface area contributed by atoms with Crippen LogP contribution in [0.2, 0.25) is 5.02 Å². The minimum Gasteiger partial charge on any atom is -0.305 e. The highest BCUT2D eigenvalue weighted by Crippen LogP contribution is 2.43. The summed E-state index contributed by atoms with van der Waals surface area (Å²) >= 11 is 7.55. The second kappa shape index (κ2) is 8.85. The standard InChI is InChI=1S/C25H25ClN2O2S/c1-16(2)24(29)28(19-12-10-18(26)11-13-19)22-15-17(3)27(21-8-5-4-7-20(21)22)25(30)23-9-6-14-31-23/h4-14,16-17,22H,15H2,1-3H3/t17-,22+/m0/s1. The van der Waals surface area contributed by atoms with Gasteiger partial charge in [-0.1, -0.05) is 49.7 Å². The summed E-state index contributed by atoms with van der Waals surface area (Å²) in [5.41, 5.74) is 2.66. The lowest BCUT2D eigenvalue weighted by atomic mass is 9.89. The number of hydrogen-bond donors (Lipinski definition) is 0. The molecule has 0 saturated carbocycles.